The molecule has 1 amide bonds. The second-order valence-electron chi connectivity index (χ2n) is 5.39. The summed E-state index contributed by atoms with van der Waals surface area (Å²) in [5.41, 5.74) is -4.53. The van der Waals surface area contributed by atoms with Crippen LogP contribution in [0, 0.1) is 11.3 Å². The van der Waals surface area contributed by atoms with Gasteiger partial charge in [-0.05, 0) is 31.4 Å². The van der Waals surface area contributed by atoms with Gasteiger partial charge < -0.3 is 10.4 Å². The number of nitriles is 1. The van der Waals surface area contributed by atoms with E-state index in [4.69, 9.17) is 5.26 Å². The molecule has 0 aromatic heterocycles. The number of alkyl halides is 3. The number of sulfone groups is 1. The van der Waals surface area contributed by atoms with Crippen molar-refractivity contribution in [3.05, 3.63) is 29.3 Å². The summed E-state index contributed by atoms with van der Waals surface area (Å²) in [6, 6.07) is 3.87. The molecule has 25 heavy (non-hydrogen) atoms. The number of amides is 1. The van der Waals surface area contributed by atoms with Gasteiger partial charge in [0.2, 0.25) is 0 Å². The summed E-state index contributed by atoms with van der Waals surface area (Å²) < 4.78 is 62.2. The molecule has 0 saturated carbocycles. The Bertz CT molecular complexity index is 799. The molecule has 0 aliphatic rings. The number of anilines is 1. The highest BCUT2D eigenvalue weighted by Gasteiger charge is 2.37. The second-order valence-corrected chi connectivity index (χ2v) is 8.69. The van der Waals surface area contributed by atoms with Gasteiger partial charge in [-0.25, -0.2) is 8.42 Å². The summed E-state index contributed by atoms with van der Waals surface area (Å²) in [4.78, 5) is 12.1. The van der Waals surface area contributed by atoms with Crippen molar-refractivity contribution in [2.75, 3.05) is 22.4 Å². The van der Waals surface area contributed by atoms with E-state index in [0.717, 1.165) is 30.8 Å². The van der Waals surface area contributed by atoms with Crippen molar-refractivity contribution in [1.82, 2.24) is 0 Å². The number of thioether (sulfide) groups is 1. The van der Waals surface area contributed by atoms with Crippen molar-refractivity contribution < 1.29 is 31.5 Å². The Morgan fingerprint density at radius 1 is 1.40 bits per heavy atom. The molecular weight excluding hydrogens is 381 g/mol. The Balaban J connectivity index is 3.06. The van der Waals surface area contributed by atoms with Crippen LogP contribution in [0.2, 0.25) is 0 Å². The molecule has 0 bridgehead atoms. The number of nitrogens with one attached hydrogen (secondary N) is 1. The number of carbonyl (C=O) groups is 1. The molecule has 0 unspecified atom stereocenters. The van der Waals surface area contributed by atoms with E-state index in [1.807, 2.05) is 5.32 Å². The van der Waals surface area contributed by atoms with Crippen molar-refractivity contribution in [3.8, 4) is 6.07 Å². The van der Waals surface area contributed by atoms with Crippen LogP contribution in [0.5, 0.6) is 0 Å². The van der Waals surface area contributed by atoms with Crippen LogP contribution >= 0.6 is 11.8 Å². The van der Waals surface area contributed by atoms with Crippen LogP contribution in [-0.2, 0) is 20.8 Å². The van der Waals surface area contributed by atoms with E-state index < -0.39 is 44.4 Å². The topological polar surface area (TPSA) is 107 Å². The number of halogens is 3. The maximum atomic E-state index is 12.9. The molecule has 6 nitrogen and oxygen atoms in total. The Labute approximate surface area is 146 Å². The maximum absolute atomic E-state index is 12.9. The molecule has 1 rings (SSSR count). The summed E-state index contributed by atoms with van der Waals surface area (Å²) in [6.45, 7) is 0.953. The Morgan fingerprint density at radius 3 is 2.48 bits per heavy atom. The zero-order valence-corrected chi connectivity index (χ0v) is 14.8. The SMILES string of the molecule is CSCS(=O)(=O)C[C@](C)(O)C(=O)Nc1ccc(C#N)c(C(F)(F)F)c1. The highest BCUT2D eigenvalue weighted by Crippen LogP contribution is 2.33. The van der Waals surface area contributed by atoms with E-state index >= 15 is 0 Å². The van der Waals surface area contributed by atoms with Crippen LogP contribution < -0.4 is 5.32 Å². The van der Waals surface area contributed by atoms with Crippen LogP contribution in [0.4, 0.5) is 18.9 Å². The molecule has 0 aliphatic heterocycles. The van der Waals surface area contributed by atoms with E-state index in [-0.39, 0.29) is 10.8 Å². The minimum Gasteiger partial charge on any atom is -0.379 e. The quantitative estimate of drug-likeness (QED) is 0.762. The first-order valence-corrected chi connectivity index (χ1v) is 9.88. The highest BCUT2D eigenvalue weighted by molar-refractivity contribution is 8.12. The van der Waals surface area contributed by atoms with E-state index in [1.54, 1.807) is 0 Å². The number of aliphatic hydroxyl groups is 1. The minimum atomic E-state index is -4.81. The third kappa shape index (κ3) is 5.91. The first-order valence-electron chi connectivity index (χ1n) is 6.67. The lowest BCUT2D eigenvalue weighted by atomic mass is 10.1. The fourth-order valence-electron chi connectivity index (χ4n) is 1.93. The van der Waals surface area contributed by atoms with Crippen molar-refractivity contribution in [2.24, 2.45) is 0 Å². The van der Waals surface area contributed by atoms with E-state index in [1.165, 1.54) is 12.3 Å². The van der Waals surface area contributed by atoms with Gasteiger partial charge in [0.05, 0.1) is 28.0 Å². The van der Waals surface area contributed by atoms with Crippen molar-refractivity contribution >= 4 is 33.2 Å². The van der Waals surface area contributed by atoms with Gasteiger partial charge in [-0.15, -0.1) is 11.8 Å². The third-order valence-corrected chi connectivity index (χ3v) is 6.37. The number of benzene rings is 1. The van der Waals surface area contributed by atoms with Crippen LogP contribution in [0.3, 0.4) is 0 Å². The largest absolute Gasteiger partial charge is 0.417 e. The molecule has 0 heterocycles. The Hall–Kier alpha value is -1.77. The van der Waals surface area contributed by atoms with Crippen LogP contribution in [-0.4, -0.2) is 42.1 Å². The number of nitrogens with zero attached hydrogens (tertiary/aromatic N) is 1. The van der Waals surface area contributed by atoms with Gasteiger partial charge in [0.25, 0.3) is 5.91 Å². The molecule has 138 valence electrons. The van der Waals surface area contributed by atoms with Gasteiger partial charge in [-0.1, -0.05) is 0 Å². The molecule has 0 aliphatic carbocycles. The van der Waals surface area contributed by atoms with E-state index in [9.17, 15) is 31.5 Å². The highest BCUT2D eigenvalue weighted by atomic mass is 32.3. The molecule has 1 atom stereocenters. The lowest BCUT2D eigenvalue weighted by Crippen LogP contribution is -2.46. The van der Waals surface area contributed by atoms with Crippen LogP contribution in [0.15, 0.2) is 18.2 Å². The molecule has 11 heteroatoms. The molecule has 2 N–H and O–H groups in total. The van der Waals surface area contributed by atoms with Crippen LogP contribution in [0.25, 0.3) is 0 Å². The van der Waals surface area contributed by atoms with Crippen molar-refractivity contribution in [3.63, 3.8) is 0 Å². The summed E-state index contributed by atoms with van der Waals surface area (Å²) in [7, 11) is -3.74. The summed E-state index contributed by atoms with van der Waals surface area (Å²) >= 11 is 0.987. The lowest BCUT2D eigenvalue weighted by molar-refractivity contribution is -0.137. The fourth-order valence-corrected chi connectivity index (χ4v) is 4.69. The molecule has 0 radical (unpaired) electrons. The van der Waals surface area contributed by atoms with Crippen LogP contribution in [0.1, 0.15) is 18.1 Å². The Kier molecular flexibility index (Phi) is 6.50. The smallest absolute Gasteiger partial charge is 0.379 e. The molecule has 0 spiro atoms. The van der Waals surface area contributed by atoms with Gasteiger partial charge in [0, 0.05) is 5.69 Å². The standard InChI is InChI=1S/C14H15F3N2O4S2/c1-13(21,7-25(22,23)8-24-2)12(20)19-10-4-3-9(6-18)11(5-10)14(15,16)17/h3-5,21H,7-8H2,1-2H3,(H,19,20)/t13-/m0/s1. The number of carbonyl (C=O) groups excluding carboxylic acids is 1. The Morgan fingerprint density at radius 2 is 2.00 bits per heavy atom. The second kappa shape index (κ2) is 7.63. The number of hydrogen-bond acceptors (Lipinski definition) is 6. The number of hydrogen-bond donors (Lipinski definition) is 2. The molecular formula is C14H15F3N2O4S2. The maximum Gasteiger partial charge on any atom is 0.417 e. The zero-order chi connectivity index (χ0) is 19.5. The van der Waals surface area contributed by atoms with E-state index in [0.29, 0.717) is 6.07 Å². The predicted octanol–water partition coefficient (Wildman–Crippen LogP) is 2.00. The summed E-state index contributed by atoms with van der Waals surface area (Å²) in [5, 5.41) is 20.5. The predicted molar refractivity (Wildman–Crippen MR) is 87.6 cm³/mol. The van der Waals surface area contributed by atoms with Crippen molar-refractivity contribution in [1.29, 1.82) is 5.26 Å². The summed E-state index contributed by atoms with van der Waals surface area (Å²) in [5.74, 6) is -2.05. The molecule has 0 fully saturated rings. The summed E-state index contributed by atoms with van der Waals surface area (Å²) in [6.07, 6.45) is -3.28. The van der Waals surface area contributed by atoms with Gasteiger partial charge in [0.1, 0.15) is 0 Å². The average Bonchev–Trinajstić information content (AvgIpc) is 2.44. The third-order valence-electron chi connectivity index (χ3n) is 2.99. The monoisotopic (exact) mass is 396 g/mol. The molecule has 0 saturated heterocycles. The normalized spacial score (nSPS) is 14.4. The molecule has 1 aromatic rings. The van der Waals surface area contributed by atoms with Gasteiger partial charge >= 0.3 is 6.18 Å². The van der Waals surface area contributed by atoms with Gasteiger partial charge in [-0.3, -0.25) is 4.79 Å². The first-order chi connectivity index (χ1) is 11.3. The van der Waals surface area contributed by atoms with Gasteiger partial charge in [0.15, 0.2) is 15.4 Å². The fraction of sp³-hybridized carbons (Fsp3) is 0.429. The minimum absolute atomic E-state index is 0.314. The van der Waals surface area contributed by atoms with Crippen molar-refractivity contribution in [2.45, 2.75) is 18.7 Å². The zero-order valence-electron chi connectivity index (χ0n) is 13.2. The molecule has 1 aromatic carbocycles. The first kappa shape index (κ1) is 21.3. The van der Waals surface area contributed by atoms with E-state index in [2.05, 4.69) is 0 Å². The van der Waals surface area contributed by atoms with Gasteiger partial charge in [-0.2, -0.15) is 18.4 Å². The number of rotatable bonds is 6. The lowest BCUT2D eigenvalue weighted by Gasteiger charge is -2.22. The average molecular weight is 396 g/mol.